The lowest BCUT2D eigenvalue weighted by Crippen LogP contribution is -2.42. The Kier molecular flexibility index (Phi) is 4.72. The molecule has 26 heavy (non-hydrogen) atoms. The third-order valence-electron chi connectivity index (χ3n) is 5.03. The van der Waals surface area contributed by atoms with Gasteiger partial charge >= 0.3 is 0 Å². The number of ether oxygens (including phenoxy) is 1. The molecular weight excluding hydrogens is 352 g/mol. The Morgan fingerprint density at radius 1 is 1.19 bits per heavy atom. The van der Waals surface area contributed by atoms with E-state index in [2.05, 4.69) is 5.32 Å². The lowest BCUT2D eigenvalue weighted by molar-refractivity contribution is -0.121. The minimum absolute atomic E-state index is 0.0314. The van der Waals surface area contributed by atoms with Crippen LogP contribution in [0.25, 0.3) is 6.08 Å². The molecule has 3 amide bonds. The van der Waals surface area contributed by atoms with Gasteiger partial charge in [-0.05, 0) is 54.3 Å². The first-order valence-corrected chi connectivity index (χ1v) is 9.74. The fourth-order valence-electron chi connectivity index (χ4n) is 3.71. The summed E-state index contributed by atoms with van der Waals surface area (Å²) in [4.78, 5) is 37.7. The summed E-state index contributed by atoms with van der Waals surface area (Å²) in [5.74, 6) is 0.789. The molecule has 1 N–H and O–H groups in total. The van der Waals surface area contributed by atoms with E-state index in [4.69, 9.17) is 4.74 Å². The maximum Gasteiger partial charge on any atom is 0.290 e. The molecule has 2 heterocycles. The summed E-state index contributed by atoms with van der Waals surface area (Å²) in [5, 5.41) is 1.88. The van der Waals surface area contributed by atoms with Crippen molar-refractivity contribution in [3.8, 4) is 5.75 Å². The Morgan fingerprint density at radius 2 is 2.00 bits per heavy atom. The highest BCUT2D eigenvalue weighted by atomic mass is 32.2. The van der Waals surface area contributed by atoms with Crippen LogP contribution in [0, 0.1) is 5.92 Å². The number of thioether (sulfide) groups is 1. The zero-order valence-corrected chi connectivity index (χ0v) is 15.1. The molecule has 3 aliphatic rings. The number of fused-ring (bicyclic) bond motifs is 1. The summed E-state index contributed by atoms with van der Waals surface area (Å²) in [7, 11) is 0. The molecular formula is C19H20N2O4S. The van der Waals surface area contributed by atoms with Gasteiger partial charge in [0.1, 0.15) is 5.75 Å². The molecule has 0 spiro atoms. The second-order valence-electron chi connectivity index (χ2n) is 6.88. The summed E-state index contributed by atoms with van der Waals surface area (Å²) >= 11 is 0.885. The predicted molar refractivity (Wildman–Crippen MR) is 100.0 cm³/mol. The van der Waals surface area contributed by atoms with Crippen molar-refractivity contribution in [3.05, 3.63) is 28.7 Å². The zero-order valence-electron chi connectivity index (χ0n) is 14.3. The molecule has 0 aromatic heterocycles. The van der Waals surface area contributed by atoms with Gasteiger partial charge in [-0.25, -0.2) is 0 Å². The number of carbonyl (C=O) groups excluding carboxylic acids is 3. The van der Waals surface area contributed by atoms with Crippen LogP contribution in [0.3, 0.4) is 0 Å². The molecule has 0 bridgehead atoms. The smallest absolute Gasteiger partial charge is 0.290 e. The summed E-state index contributed by atoms with van der Waals surface area (Å²) in [6, 6.07) is 5.51. The van der Waals surface area contributed by atoms with Crippen LogP contribution in [-0.4, -0.2) is 30.2 Å². The van der Waals surface area contributed by atoms with E-state index in [-0.39, 0.29) is 23.7 Å². The number of rotatable bonds is 3. The van der Waals surface area contributed by atoms with Crippen molar-refractivity contribution in [1.82, 2.24) is 5.32 Å². The predicted octanol–water partition coefficient (Wildman–Crippen LogP) is 3.32. The SMILES string of the molecule is O=C1NC(=O)C(=Cc2ccc3c(c2)N(CC2CCCCC2)C(=O)CO3)S1. The van der Waals surface area contributed by atoms with E-state index in [1.54, 1.807) is 6.08 Å². The second kappa shape index (κ2) is 7.15. The van der Waals surface area contributed by atoms with Crippen LogP contribution in [0.5, 0.6) is 5.75 Å². The molecule has 0 radical (unpaired) electrons. The van der Waals surface area contributed by atoms with Crippen molar-refractivity contribution in [2.24, 2.45) is 5.92 Å². The number of amides is 3. The van der Waals surface area contributed by atoms with Crippen molar-refractivity contribution in [2.45, 2.75) is 32.1 Å². The Labute approximate surface area is 155 Å². The number of hydrogen-bond acceptors (Lipinski definition) is 5. The van der Waals surface area contributed by atoms with Crippen LogP contribution in [0.15, 0.2) is 23.1 Å². The zero-order chi connectivity index (χ0) is 18.1. The van der Waals surface area contributed by atoms with E-state index in [1.165, 1.54) is 19.3 Å². The van der Waals surface area contributed by atoms with Crippen molar-refractivity contribution >= 4 is 40.6 Å². The highest BCUT2D eigenvalue weighted by Crippen LogP contribution is 2.36. The van der Waals surface area contributed by atoms with Gasteiger partial charge in [0.15, 0.2) is 6.61 Å². The molecule has 2 aliphatic heterocycles. The van der Waals surface area contributed by atoms with Crippen molar-refractivity contribution in [1.29, 1.82) is 0 Å². The fraction of sp³-hybridized carbons (Fsp3) is 0.421. The van der Waals surface area contributed by atoms with Gasteiger partial charge in [0.2, 0.25) is 0 Å². The fourth-order valence-corrected chi connectivity index (χ4v) is 4.39. The van der Waals surface area contributed by atoms with Gasteiger partial charge in [-0.1, -0.05) is 25.3 Å². The average Bonchev–Trinajstić information content (AvgIpc) is 2.95. The number of carbonyl (C=O) groups is 3. The first-order valence-electron chi connectivity index (χ1n) is 8.92. The summed E-state index contributed by atoms with van der Waals surface area (Å²) in [5.41, 5.74) is 1.51. The second-order valence-corrected chi connectivity index (χ2v) is 7.89. The normalized spacial score (nSPS) is 22.4. The lowest BCUT2D eigenvalue weighted by atomic mass is 9.88. The van der Waals surface area contributed by atoms with E-state index in [1.807, 2.05) is 23.1 Å². The van der Waals surface area contributed by atoms with E-state index in [0.29, 0.717) is 23.1 Å². The first-order chi connectivity index (χ1) is 12.6. The Bertz CT molecular complexity index is 799. The summed E-state index contributed by atoms with van der Waals surface area (Å²) in [6.45, 7) is 0.774. The van der Waals surface area contributed by atoms with Gasteiger partial charge < -0.3 is 9.64 Å². The lowest BCUT2D eigenvalue weighted by Gasteiger charge is -2.33. The quantitative estimate of drug-likeness (QED) is 0.824. The molecule has 4 rings (SSSR count). The molecule has 1 saturated carbocycles. The van der Waals surface area contributed by atoms with Crippen LogP contribution in [-0.2, 0) is 9.59 Å². The third kappa shape index (κ3) is 3.49. The highest BCUT2D eigenvalue weighted by molar-refractivity contribution is 8.18. The molecule has 1 saturated heterocycles. The number of hydrogen-bond donors (Lipinski definition) is 1. The topological polar surface area (TPSA) is 75.7 Å². The van der Waals surface area contributed by atoms with E-state index in [0.717, 1.165) is 35.9 Å². The Balaban J connectivity index is 1.61. The van der Waals surface area contributed by atoms with Crippen LogP contribution >= 0.6 is 11.8 Å². The van der Waals surface area contributed by atoms with Gasteiger partial charge in [-0.3, -0.25) is 19.7 Å². The van der Waals surface area contributed by atoms with Crippen LogP contribution in [0.4, 0.5) is 10.5 Å². The minimum Gasteiger partial charge on any atom is -0.482 e. The van der Waals surface area contributed by atoms with Crippen LogP contribution in [0.1, 0.15) is 37.7 Å². The van der Waals surface area contributed by atoms with E-state index < -0.39 is 0 Å². The number of nitrogens with one attached hydrogen (secondary N) is 1. The highest BCUT2D eigenvalue weighted by Gasteiger charge is 2.29. The maximum atomic E-state index is 12.5. The molecule has 136 valence electrons. The van der Waals surface area contributed by atoms with Gasteiger partial charge in [0.25, 0.3) is 17.1 Å². The average molecular weight is 372 g/mol. The largest absolute Gasteiger partial charge is 0.482 e. The van der Waals surface area contributed by atoms with Crippen LogP contribution < -0.4 is 15.0 Å². The number of benzene rings is 1. The van der Waals surface area contributed by atoms with Gasteiger partial charge in [0, 0.05) is 6.54 Å². The minimum atomic E-state index is -0.385. The number of nitrogens with zero attached hydrogens (tertiary/aromatic N) is 1. The third-order valence-corrected chi connectivity index (χ3v) is 5.84. The monoisotopic (exact) mass is 372 g/mol. The Morgan fingerprint density at radius 3 is 2.73 bits per heavy atom. The standard InChI is InChI=1S/C19H20N2O4S/c22-17-11-25-15-7-6-13(9-16-18(23)20-19(24)26-16)8-14(15)21(17)10-12-4-2-1-3-5-12/h6-9,12H,1-5,10-11H2,(H,20,23,24). The van der Waals surface area contributed by atoms with E-state index >= 15 is 0 Å². The molecule has 1 aliphatic carbocycles. The molecule has 0 unspecified atom stereocenters. The Hall–Kier alpha value is -2.28. The molecule has 6 nitrogen and oxygen atoms in total. The van der Waals surface area contributed by atoms with Crippen molar-refractivity contribution in [3.63, 3.8) is 0 Å². The number of imide groups is 1. The molecule has 0 atom stereocenters. The van der Waals surface area contributed by atoms with Gasteiger partial charge in [-0.15, -0.1) is 0 Å². The van der Waals surface area contributed by atoms with Crippen molar-refractivity contribution in [2.75, 3.05) is 18.1 Å². The van der Waals surface area contributed by atoms with Gasteiger partial charge in [0.05, 0.1) is 10.6 Å². The molecule has 1 aromatic carbocycles. The molecule has 2 fully saturated rings. The molecule has 7 heteroatoms. The maximum absolute atomic E-state index is 12.5. The van der Waals surface area contributed by atoms with E-state index in [9.17, 15) is 14.4 Å². The van der Waals surface area contributed by atoms with Crippen molar-refractivity contribution < 1.29 is 19.1 Å². The summed E-state index contributed by atoms with van der Waals surface area (Å²) in [6.07, 6.45) is 7.71. The molecule has 1 aromatic rings. The first kappa shape index (κ1) is 17.1. The van der Waals surface area contributed by atoms with Gasteiger partial charge in [-0.2, -0.15) is 0 Å². The van der Waals surface area contributed by atoms with Crippen LogP contribution in [0.2, 0.25) is 0 Å². The summed E-state index contributed by atoms with van der Waals surface area (Å²) < 4.78 is 5.57. The number of anilines is 1.